The van der Waals surface area contributed by atoms with Crippen LogP contribution in [0.4, 0.5) is 11.5 Å². The van der Waals surface area contributed by atoms with E-state index in [2.05, 4.69) is 20.3 Å². The molecule has 3 N–H and O–H groups in total. The normalized spacial score (nSPS) is 28.7. The number of benzene rings is 1. The van der Waals surface area contributed by atoms with Crippen molar-refractivity contribution in [2.24, 2.45) is 0 Å². The monoisotopic (exact) mass is 562 g/mol. The van der Waals surface area contributed by atoms with Crippen molar-refractivity contribution >= 4 is 33.3 Å². The van der Waals surface area contributed by atoms with Gasteiger partial charge in [0.15, 0.2) is 24.0 Å². The second kappa shape index (κ2) is 10.1. The van der Waals surface area contributed by atoms with Crippen LogP contribution in [0.2, 0.25) is 0 Å². The number of rotatable bonds is 7. The molecule has 14 heteroatoms. The van der Waals surface area contributed by atoms with Crippen molar-refractivity contribution in [3.63, 3.8) is 0 Å². The fraction of sp³-hybridized carbons (Fsp3) is 0.480. The van der Waals surface area contributed by atoms with Gasteiger partial charge in [-0.25, -0.2) is 13.4 Å². The van der Waals surface area contributed by atoms with Gasteiger partial charge in [-0.15, -0.1) is 0 Å². The topological polar surface area (TPSA) is 163 Å². The highest BCUT2D eigenvalue weighted by Crippen LogP contribution is 2.44. The summed E-state index contributed by atoms with van der Waals surface area (Å²) in [6.45, 7) is 6.58. The summed E-state index contributed by atoms with van der Waals surface area (Å²) in [5.41, 5.74) is 0.343. The molecule has 1 aromatic carbocycles. The van der Waals surface area contributed by atoms with E-state index in [-0.39, 0.29) is 17.3 Å². The maximum atomic E-state index is 13.0. The van der Waals surface area contributed by atoms with Crippen molar-refractivity contribution in [1.29, 1.82) is 0 Å². The number of aromatic nitrogens is 1. The fourth-order valence-electron chi connectivity index (χ4n) is 4.63. The lowest BCUT2D eigenvalue weighted by atomic mass is 9.98. The summed E-state index contributed by atoms with van der Waals surface area (Å²) in [5, 5.41) is 5.17. The van der Waals surface area contributed by atoms with E-state index in [0.29, 0.717) is 5.69 Å². The maximum Gasteiger partial charge on any atom is 0.263 e. The molecule has 13 nitrogen and oxygen atoms in total. The smallest absolute Gasteiger partial charge is 0.263 e. The summed E-state index contributed by atoms with van der Waals surface area (Å²) in [5.74, 6) is -2.81. The molecule has 2 amide bonds. The molecule has 5 rings (SSSR count). The first kappa shape index (κ1) is 27.4. The van der Waals surface area contributed by atoms with Crippen LogP contribution in [0.25, 0.3) is 0 Å². The molecule has 39 heavy (non-hydrogen) atoms. The zero-order valence-electron chi connectivity index (χ0n) is 21.7. The molecule has 0 saturated carbocycles. The molecule has 3 aliphatic heterocycles. The van der Waals surface area contributed by atoms with E-state index < -0.39 is 64.1 Å². The van der Waals surface area contributed by atoms with E-state index in [4.69, 9.17) is 23.7 Å². The lowest BCUT2D eigenvalue weighted by Gasteiger charge is -2.36. The fourth-order valence-corrected chi connectivity index (χ4v) is 5.64. The molecule has 0 spiro atoms. The molecular weight excluding hydrogens is 532 g/mol. The van der Waals surface area contributed by atoms with Gasteiger partial charge in [0.1, 0.15) is 24.1 Å². The minimum Gasteiger partial charge on any atom is -0.345 e. The largest absolute Gasteiger partial charge is 0.345 e. The third kappa shape index (κ3) is 6.05. The maximum absolute atomic E-state index is 13.0. The van der Waals surface area contributed by atoms with E-state index in [1.54, 1.807) is 39.8 Å². The van der Waals surface area contributed by atoms with Gasteiger partial charge in [0.25, 0.3) is 15.9 Å². The van der Waals surface area contributed by atoms with E-state index in [1.165, 1.54) is 36.5 Å². The molecule has 0 unspecified atom stereocenters. The van der Waals surface area contributed by atoms with Crippen LogP contribution in [0.15, 0.2) is 53.6 Å². The molecule has 5 atom stereocenters. The van der Waals surface area contributed by atoms with Crippen LogP contribution in [0.1, 0.15) is 27.7 Å². The Kier molecular flexibility index (Phi) is 7.11. The van der Waals surface area contributed by atoms with Gasteiger partial charge in [0, 0.05) is 11.9 Å². The highest BCUT2D eigenvalue weighted by atomic mass is 32.2. The second-order valence-electron chi connectivity index (χ2n) is 10.2. The summed E-state index contributed by atoms with van der Waals surface area (Å²) < 4.78 is 57.0. The summed E-state index contributed by atoms with van der Waals surface area (Å²) in [6.07, 6.45) is -2.42. The Morgan fingerprint density at radius 3 is 2.26 bits per heavy atom. The van der Waals surface area contributed by atoms with Gasteiger partial charge in [0.2, 0.25) is 5.91 Å². The molecule has 0 radical (unpaired) electrons. The van der Waals surface area contributed by atoms with E-state index in [9.17, 15) is 18.0 Å². The Morgan fingerprint density at radius 1 is 0.897 bits per heavy atom. The van der Waals surface area contributed by atoms with Crippen LogP contribution in [-0.2, 0) is 43.3 Å². The first-order valence-corrected chi connectivity index (χ1v) is 13.8. The van der Waals surface area contributed by atoms with Gasteiger partial charge >= 0.3 is 0 Å². The first-order valence-electron chi connectivity index (χ1n) is 12.3. The van der Waals surface area contributed by atoms with Gasteiger partial charge in [-0.2, -0.15) is 0 Å². The Labute approximate surface area is 225 Å². The molecule has 3 fully saturated rings. The average molecular weight is 563 g/mol. The highest BCUT2D eigenvalue weighted by molar-refractivity contribution is 7.92. The van der Waals surface area contributed by atoms with Gasteiger partial charge < -0.3 is 34.3 Å². The van der Waals surface area contributed by atoms with Crippen LogP contribution in [0, 0.1) is 0 Å². The predicted octanol–water partition coefficient (Wildman–Crippen LogP) is 1.33. The number of amides is 2. The quantitative estimate of drug-likeness (QED) is 0.449. The number of fused-ring (bicyclic) bond motifs is 3. The molecule has 2 aromatic rings. The van der Waals surface area contributed by atoms with E-state index in [1.807, 2.05) is 0 Å². The highest BCUT2D eigenvalue weighted by Gasteiger charge is 2.62. The third-order valence-corrected chi connectivity index (χ3v) is 7.56. The van der Waals surface area contributed by atoms with Crippen molar-refractivity contribution < 1.29 is 41.7 Å². The molecule has 210 valence electrons. The lowest BCUT2D eigenvalue weighted by molar-refractivity contribution is -0.231. The number of hydrogen-bond donors (Lipinski definition) is 3. The molecule has 0 aliphatic carbocycles. The zero-order valence-corrected chi connectivity index (χ0v) is 22.6. The van der Waals surface area contributed by atoms with Crippen molar-refractivity contribution in [2.45, 2.75) is 74.9 Å². The van der Waals surface area contributed by atoms with Crippen molar-refractivity contribution in [3.05, 3.63) is 48.7 Å². The van der Waals surface area contributed by atoms with Gasteiger partial charge in [-0.3, -0.25) is 14.3 Å². The number of pyridine rings is 1. The average Bonchev–Trinajstić information content (AvgIpc) is 3.36. The first-order chi connectivity index (χ1) is 18.3. The van der Waals surface area contributed by atoms with Crippen molar-refractivity contribution in [2.75, 3.05) is 16.6 Å². The Bertz CT molecular complexity index is 1340. The molecule has 3 saturated heterocycles. The van der Waals surface area contributed by atoms with Crippen molar-refractivity contribution in [3.8, 4) is 0 Å². The molecule has 0 bridgehead atoms. The SMILES string of the molecule is CC1(C)O[C@@H]2[C@@H](O1)[C@@H](C(=O)NCC(=O)Nc1ccc(S(=O)(=O)Nc3ccccn3)cc1)O[C@H]1OC(C)(C)O[C@@H]12. The summed E-state index contributed by atoms with van der Waals surface area (Å²) in [6, 6.07) is 10.4. The molecule has 4 heterocycles. The lowest BCUT2D eigenvalue weighted by Crippen LogP contribution is -2.59. The number of carbonyl (C=O) groups excluding carboxylic acids is 2. The van der Waals surface area contributed by atoms with Crippen LogP contribution in [0.3, 0.4) is 0 Å². The van der Waals surface area contributed by atoms with Crippen LogP contribution in [-0.4, -0.2) is 74.0 Å². The summed E-state index contributed by atoms with van der Waals surface area (Å²) in [4.78, 5) is 29.5. The second-order valence-corrected chi connectivity index (χ2v) is 11.9. The minimum absolute atomic E-state index is 0.00949. The van der Waals surface area contributed by atoms with E-state index in [0.717, 1.165) is 0 Å². The molecule has 1 aromatic heterocycles. The standard InChI is InChI=1S/C25H30N4O9S/c1-24(2)35-18-19(36-24)21-23(38-25(3,4)37-21)34-20(18)22(31)27-13-17(30)28-14-8-10-15(11-9-14)39(32,33)29-16-7-5-6-12-26-16/h5-12,18-21,23H,13H2,1-4H3,(H,26,29)(H,27,31)(H,28,30)/t18-,19-,20+,21-,23+/m1/s1. The van der Waals surface area contributed by atoms with Gasteiger partial charge in [-0.1, -0.05) is 6.07 Å². The van der Waals surface area contributed by atoms with Gasteiger partial charge in [0.05, 0.1) is 11.4 Å². The Balaban J connectivity index is 1.17. The minimum atomic E-state index is -3.86. The van der Waals surface area contributed by atoms with E-state index >= 15 is 0 Å². The number of carbonyl (C=O) groups is 2. The number of hydrogen-bond acceptors (Lipinski definition) is 10. The Morgan fingerprint density at radius 2 is 1.56 bits per heavy atom. The van der Waals surface area contributed by atoms with Crippen molar-refractivity contribution in [1.82, 2.24) is 10.3 Å². The van der Waals surface area contributed by atoms with Crippen LogP contribution < -0.4 is 15.4 Å². The Hall–Kier alpha value is -3.14. The summed E-state index contributed by atoms with van der Waals surface area (Å²) >= 11 is 0. The summed E-state index contributed by atoms with van der Waals surface area (Å²) in [7, 11) is -3.86. The van der Waals surface area contributed by atoms with Crippen LogP contribution in [0.5, 0.6) is 0 Å². The zero-order chi connectivity index (χ0) is 28.0. The third-order valence-electron chi connectivity index (χ3n) is 6.19. The number of nitrogens with zero attached hydrogens (tertiary/aromatic N) is 1. The number of ether oxygens (including phenoxy) is 5. The molecule has 3 aliphatic rings. The predicted molar refractivity (Wildman–Crippen MR) is 136 cm³/mol. The number of anilines is 2. The van der Waals surface area contributed by atoms with Crippen LogP contribution >= 0.6 is 0 Å². The van der Waals surface area contributed by atoms with Gasteiger partial charge in [-0.05, 0) is 64.1 Å². The molecular formula is C25H30N4O9S. The number of sulfonamides is 1. The number of nitrogens with one attached hydrogen (secondary N) is 3.